The van der Waals surface area contributed by atoms with Gasteiger partial charge in [0.15, 0.2) is 0 Å². The van der Waals surface area contributed by atoms with Crippen LogP contribution in [0.2, 0.25) is 0 Å². The number of ether oxygens (including phenoxy) is 1. The molecule has 8 heteroatoms. The Morgan fingerprint density at radius 2 is 2.03 bits per heavy atom. The number of rotatable bonds is 3. The molecule has 1 aliphatic heterocycles. The number of aromatic nitrogens is 2. The molecule has 1 atom stereocenters. The summed E-state index contributed by atoms with van der Waals surface area (Å²) in [6.07, 6.45) is 2.74. The van der Waals surface area contributed by atoms with E-state index in [1.807, 2.05) is 49.9 Å². The molecular formula is C24H26BrFN4O2. The van der Waals surface area contributed by atoms with E-state index < -0.39 is 11.7 Å². The number of fused-ring (bicyclic) bond motifs is 1. The summed E-state index contributed by atoms with van der Waals surface area (Å²) in [6.45, 7) is 6.74. The molecule has 1 N–H and O–H groups in total. The van der Waals surface area contributed by atoms with Crippen LogP contribution in [-0.2, 0) is 4.74 Å². The summed E-state index contributed by atoms with van der Waals surface area (Å²) in [5.74, 6) is -0.317. The summed E-state index contributed by atoms with van der Waals surface area (Å²) in [7, 11) is 0. The van der Waals surface area contributed by atoms with Crippen molar-refractivity contribution in [2.24, 2.45) is 0 Å². The molecule has 1 aromatic heterocycles. The number of amides is 1. The van der Waals surface area contributed by atoms with E-state index in [-0.39, 0.29) is 11.9 Å². The molecule has 6 nitrogen and oxygen atoms in total. The second-order valence-electron chi connectivity index (χ2n) is 8.98. The smallest absolute Gasteiger partial charge is 0.407 e. The summed E-state index contributed by atoms with van der Waals surface area (Å²) in [5, 5.41) is 3.77. The highest BCUT2D eigenvalue weighted by Gasteiger charge is 2.26. The first-order valence-corrected chi connectivity index (χ1v) is 11.4. The van der Waals surface area contributed by atoms with Crippen molar-refractivity contribution in [3.05, 3.63) is 53.0 Å². The molecule has 0 bridgehead atoms. The number of hydrogen-bond donors (Lipinski definition) is 1. The van der Waals surface area contributed by atoms with Gasteiger partial charge in [0.05, 0.1) is 16.9 Å². The van der Waals surface area contributed by atoms with Crippen LogP contribution in [0.3, 0.4) is 0 Å². The number of carbonyl (C=O) groups excluding carboxylic acids is 1. The van der Waals surface area contributed by atoms with Crippen LogP contribution < -0.4 is 10.2 Å². The first kappa shape index (κ1) is 22.5. The molecule has 1 amide bonds. The number of nitrogens with zero attached hydrogens (tertiary/aromatic N) is 3. The number of alkyl carbamates (subject to hydrolysis) is 1. The third-order valence-electron chi connectivity index (χ3n) is 5.30. The van der Waals surface area contributed by atoms with Crippen molar-refractivity contribution < 1.29 is 13.9 Å². The lowest BCUT2D eigenvalue weighted by atomic mass is 10.0. The number of carbonyl (C=O) groups is 1. The fraction of sp³-hybridized carbons (Fsp3) is 0.375. The highest BCUT2D eigenvalue weighted by atomic mass is 79.9. The second-order valence-corrected chi connectivity index (χ2v) is 9.90. The van der Waals surface area contributed by atoms with Gasteiger partial charge in [-0.05, 0) is 63.9 Å². The molecule has 0 unspecified atom stereocenters. The predicted molar refractivity (Wildman–Crippen MR) is 127 cm³/mol. The van der Waals surface area contributed by atoms with Crippen LogP contribution in [0.15, 0.2) is 47.2 Å². The number of piperidine rings is 1. The van der Waals surface area contributed by atoms with Crippen molar-refractivity contribution >= 4 is 38.6 Å². The van der Waals surface area contributed by atoms with E-state index in [9.17, 15) is 4.79 Å². The molecular weight excluding hydrogens is 475 g/mol. The molecule has 168 valence electrons. The fourth-order valence-electron chi connectivity index (χ4n) is 3.96. The third-order valence-corrected chi connectivity index (χ3v) is 5.79. The molecule has 0 saturated carbocycles. The summed E-state index contributed by atoms with van der Waals surface area (Å²) < 4.78 is 21.5. The molecule has 32 heavy (non-hydrogen) atoms. The number of hydrogen-bond acceptors (Lipinski definition) is 5. The Morgan fingerprint density at radius 1 is 1.22 bits per heavy atom. The lowest BCUT2D eigenvalue weighted by Gasteiger charge is -2.35. The van der Waals surface area contributed by atoms with E-state index in [2.05, 4.69) is 31.2 Å². The predicted octanol–water partition coefficient (Wildman–Crippen LogP) is 5.69. The van der Waals surface area contributed by atoms with Gasteiger partial charge in [0.25, 0.3) is 0 Å². The molecule has 1 saturated heterocycles. The van der Waals surface area contributed by atoms with Gasteiger partial charge in [0, 0.05) is 34.6 Å². The average Bonchev–Trinajstić information content (AvgIpc) is 2.72. The van der Waals surface area contributed by atoms with E-state index in [0.717, 1.165) is 34.8 Å². The largest absolute Gasteiger partial charge is 0.444 e. The number of benzene rings is 2. The molecule has 3 aromatic rings. The highest BCUT2D eigenvalue weighted by Crippen LogP contribution is 2.31. The van der Waals surface area contributed by atoms with Crippen LogP contribution in [0, 0.1) is 5.82 Å². The van der Waals surface area contributed by atoms with Crippen LogP contribution >= 0.6 is 15.9 Å². The molecule has 4 rings (SSSR count). The van der Waals surface area contributed by atoms with Crippen LogP contribution in [0.1, 0.15) is 33.6 Å². The van der Waals surface area contributed by atoms with Crippen molar-refractivity contribution in [1.82, 2.24) is 15.3 Å². The normalized spacial score (nSPS) is 16.8. The quantitative estimate of drug-likeness (QED) is 0.500. The summed E-state index contributed by atoms with van der Waals surface area (Å²) >= 11 is 3.48. The highest BCUT2D eigenvalue weighted by molar-refractivity contribution is 9.10. The van der Waals surface area contributed by atoms with Gasteiger partial charge in [-0.2, -0.15) is 0 Å². The Bertz CT molecular complexity index is 1150. The number of anilines is 1. The van der Waals surface area contributed by atoms with Crippen molar-refractivity contribution in [3.63, 3.8) is 0 Å². The zero-order chi connectivity index (χ0) is 22.9. The standard InChI is InChI=1S/C24H26BrFN4O2/c1-24(2,3)32-23(31)29-17-5-4-10-30(13-17)21-9-6-15(11-19(21)26)22-18-12-16(25)7-8-20(18)27-14-28-22/h6-9,11-12,14,17H,4-5,10,13H2,1-3H3,(H,29,31)/t17-/m1/s1. The van der Waals surface area contributed by atoms with E-state index in [1.165, 1.54) is 12.4 Å². The van der Waals surface area contributed by atoms with Gasteiger partial charge in [0.2, 0.25) is 0 Å². The van der Waals surface area contributed by atoms with Crippen LogP contribution in [0.25, 0.3) is 22.2 Å². The maximum absolute atomic E-state index is 15.2. The van der Waals surface area contributed by atoms with Crippen molar-refractivity contribution in [3.8, 4) is 11.3 Å². The minimum atomic E-state index is -0.554. The number of nitrogens with one attached hydrogen (secondary N) is 1. The molecule has 1 aliphatic rings. The van der Waals surface area contributed by atoms with Crippen LogP contribution in [0.5, 0.6) is 0 Å². The van der Waals surface area contributed by atoms with Gasteiger partial charge in [0.1, 0.15) is 17.7 Å². The maximum Gasteiger partial charge on any atom is 0.407 e. The summed E-state index contributed by atoms with van der Waals surface area (Å²) in [5.41, 5.74) is 2.14. The second kappa shape index (κ2) is 9.02. The van der Waals surface area contributed by atoms with Crippen molar-refractivity contribution in [2.75, 3.05) is 18.0 Å². The molecule has 0 aliphatic carbocycles. The fourth-order valence-corrected chi connectivity index (χ4v) is 4.32. The Labute approximate surface area is 195 Å². The van der Waals surface area contributed by atoms with E-state index >= 15 is 4.39 Å². The Balaban J connectivity index is 1.54. The van der Waals surface area contributed by atoms with Gasteiger partial charge in [-0.1, -0.05) is 22.0 Å². The van der Waals surface area contributed by atoms with Gasteiger partial charge in [-0.25, -0.2) is 19.2 Å². The molecule has 0 radical (unpaired) electrons. The monoisotopic (exact) mass is 500 g/mol. The van der Waals surface area contributed by atoms with Gasteiger partial charge in [-0.15, -0.1) is 0 Å². The zero-order valence-corrected chi connectivity index (χ0v) is 19.9. The third kappa shape index (κ3) is 5.18. The minimum Gasteiger partial charge on any atom is -0.444 e. The topological polar surface area (TPSA) is 67.3 Å². The molecule has 1 fully saturated rings. The molecule has 2 heterocycles. The first-order chi connectivity index (χ1) is 15.2. The maximum atomic E-state index is 15.2. The van der Waals surface area contributed by atoms with Crippen molar-refractivity contribution in [2.45, 2.75) is 45.3 Å². The van der Waals surface area contributed by atoms with E-state index in [1.54, 1.807) is 6.07 Å². The lowest BCUT2D eigenvalue weighted by Crippen LogP contribution is -2.49. The summed E-state index contributed by atoms with van der Waals surface area (Å²) in [4.78, 5) is 22.8. The van der Waals surface area contributed by atoms with E-state index in [0.29, 0.717) is 23.5 Å². The van der Waals surface area contributed by atoms with Gasteiger partial charge in [-0.3, -0.25) is 0 Å². The number of halogens is 2. The van der Waals surface area contributed by atoms with E-state index in [4.69, 9.17) is 4.74 Å². The lowest BCUT2D eigenvalue weighted by molar-refractivity contribution is 0.0500. The Hall–Kier alpha value is -2.74. The van der Waals surface area contributed by atoms with Gasteiger partial charge < -0.3 is 15.0 Å². The summed E-state index contributed by atoms with van der Waals surface area (Å²) in [6, 6.07) is 10.8. The Morgan fingerprint density at radius 3 is 2.78 bits per heavy atom. The van der Waals surface area contributed by atoms with Gasteiger partial charge >= 0.3 is 6.09 Å². The zero-order valence-electron chi connectivity index (χ0n) is 18.4. The molecule has 0 spiro atoms. The SMILES string of the molecule is CC(C)(C)OC(=O)N[C@@H]1CCCN(c2ccc(-c3ncnc4ccc(Br)cc34)cc2F)C1. The average molecular weight is 501 g/mol. The molecule has 2 aromatic carbocycles. The minimum absolute atomic E-state index is 0.0964. The Kier molecular flexibility index (Phi) is 6.33. The van der Waals surface area contributed by atoms with Crippen LogP contribution in [0.4, 0.5) is 14.9 Å². The van der Waals surface area contributed by atoms with Crippen LogP contribution in [-0.4, -0.2) is 40.8 Å². The van der Waals surface area contributed by atoms with Crippen molar-refractivity contribution in [1.29, 1.82) is 0 Å². The first-order valence-electron chi connectivity index (χ1n) is 10.6.